The zero-order valence-corrected chi connectivity index (χ0v) is 10.7. The van der Waals surface area contributed by atoms with Crippen molar-refractivity contribution >= 4 is 0 Å². The van der Waals surface area contributed by atoms with Crippen LogP contribution in [0, 0.1) is 0 Å². The van der Waals surface area contributed by atoms with Crippen molar-refractivity contribution in [2.75, 3.05) is 32.8 Å². The molecule has 2 fully saturated rings. The van der Waals surface area contributed by atoms with Crippen LogP contribution in [0.3, 0.4) is 0 Å². The highest BCUT2D eigenvalue weighted by atomic mass is 19.4. The van der Waals surface area contributed by atoms with Crippen molar-refractivity contribution in [2.45, 2.75) is 18.3 Å². The van der Waals surface area contributed by atoms with Gasteiger partial charge in [-0.05, 0) is 12.1 Å². The Labute approximate surface area is 114 Å². The minimum atomic E-state index is -4.46. The number of nitrogens with zero attached hydrogens (tertiary/aromatic N) is 3. The van der Waals surface area contributed by atoms with Crippen LogP contribution >= 0.6 is 0 Å². The highest BCUT2D eigenvalue weighted by Crippen LogP contribution is 2.28. The van der Waals surface area contributed by atoms with Crippen molar-refractivity contribution in [2.24, 2.45) is 0 Å². The molecular weight excluding hydrogens is 273 g/mol. The van der Waals surface area contributed by atoms with Gasteiger partial charge in [-0.25, -0.2) is 0 Å². The second-order valence-electron chi connectivity index (χ2n) is 5.02. The minimum Gasteiger partial charge on any atom is -0.369 e. The van der Waals surface area contributed by atoms with E-state index in [0.717, 1.165) is 25.7 Å². The molecule has 2 aliphatic rings. The van der Waals surface area contributed by atoms with Crippen molar-refractivity contribution in [3.8, 4) is 0 Å². The number of nitrogens with one attached hydrogen (secondary N) is 1. The number of halogens is 3. The molecule has 0 aliphatic carbocycles. The Kier molecular flexibility index (Phi) is 3.61. The van der Waals surface area contributed by atoms with E-state index in [0.29, 0.717) is 24.9 Å². The van der Waals surface area contributed by atoms with Crippen molar-refractivity contribution < 1.29 is 17.9 Å². The van der Waals surface area contributed by atoms with Crippen molar-refractivity contribution in [1.29, 1.82) is 0 Å². The first kappa shape index (κ1) is 13.7. The highest BCUT2D eigenvalue weighted by Gasteiger charge is 2.35. The van der Waals surface area contributed by atoms with Gasteiger partial charge in [0.2, 0.25) is 0 Å². The third kappa shape index (κ3) is 2.77. The summed E-state index contributed by atoms with van der Waals surface area (Å²) in [6.07, 6.45) is -4.76. The second-order valence-corrected chi connectivity index (χ2v) is 5.02. The van der Waals surface area contributed by atoms with Gasteiger partial charge in [0.15, 0.2) is 5.69 Å². The lowest BCUT2D eigenvalue weighted by Gasteiger charge is -2.42. The van der Waals surface area contributed by atoms with Gasteiger partial charge < -0.3 is 10.1 Å². The van der Waals surface area contributed by atoms with Crippen LogP contribution in [0.15, 0.2) is 12.1 Å². The van der Waals surface area contributed by atoms with E-state index in [9.17, 15) is 13.2 Å². The Balaban J connectivity index is 1.70. The molecule has 5 nitrogen and oxygen atoms in total. The van der Waals surface area contributed by atoms with E-state index in [1.54, 1.807) is 0 Å². The van der Waals surface area contributed by atoms with E-state index in [4.69, 9.17) is 4.74 Å². The van der Waals surface area contributed by atoms with Crippen LogP contribution in [0.1, 0.15) is 17.5 Å². The molecule has 0 radical (unpaired) electrons. The predicted octanol–water partition coefficient (Wildman–Crippen LogP) is 0.840. The standard InChI is InChI=1S/C12H15F3N4O/c13-12(14,15)11-2-1-9(17-18-11)10-6-19-4-3-16-5-8(19)7-20-10/h1-2,8,10,16H,3-7H2/t8-,10-/m0/s1. The lowest BCUT2D eigenvalue weighted by atomic mass is 10.1. The van der Waals surface area contributed by atoms with Gasteiger partial charge in [-0.15, -0.1) is 5.10 Å². The maximum Gasteiger partial charge on any atom is 0.435 e. The first-order valence-corrected chi connectivity index (χ1v) is 6.51. The summed E-state index contributed by atoms with van der Waals surface area (Å²) in [5.41, 5.74) is -0.521. The van der Waals surface area contributed by atoms with E-state index >= 15 is 0 Å². The molecule has 2 atom stereocenters. The van der Waals surface area contributed by atoms with Crippen LogP contribution in [0.25, 0.3) is 0 Å². The molecule has 8 heteroatoms. The fraction of sp³-hybridized carbons (Fsp3) is 0.667. The van der Waals surface area contributed by atoms with E-state index in [2.05, 4.69) is 20.4 Å². The van der Waals surface area contributed by atoms with E-state index in [-0.39, 0.29) is 6.10 Å². The Morgan fingerprint density at radius 1 is 1.30 bits per heavy atom. The van der Waals surface area contributed by atoms with Gasteiger partial charge in [-0.2, -0.15) is 18.3 Å². The SMILES string of the molecule is FC(F)(F)c1ccc([C@@H]2CN3CCNC[C@H]3CO2)nn1. The van der Waals surface area contributed by atoms with E-state index in [1.165, 1.54) is 6.07 Å². The number of ether oxygens (including phenoxy) is 1. The molecule has 0 saturated carbocycles. The largest absolute Gasteiger partial charge is 0.435 e. The van der Waals surface area contributed by atoms with E-state index < -0.39 is 11.9 Å². The molecule has 0 bridgehead atoms. The zero-order chi connectivity index (χ0) is 14.2. The maximum absolute atomic E-state index is 12.4. The maximum atomic E-state index is 12.4. The molecule has 0 unspecified atom stereocenters. The fourth-order valence-electron chi connectivity index (χ4n) is 2.55. The number of morpholine rings is 1. The van der Waals surface area contributed by atoms with Crippen molar-refractivity contribution in [3.05, 3.63) is 23.5 Å². The molecule has 110 valence electrons. The second kappa shape index (κ2) is 5.27. The summed E-state index contributed by atoms with van der Waals surface area (Å²) in [6.45, 7) is 3.92. The topological polar surface area (TPSA) is 50.3 Å². The molecule has 0 amide bonds. The van der Waals surface area contributed by atoms with Gasteiger partial charge in [0.05, 0.1) is 12.3 Å². The Morgan fingerprint density at radius 2 is 2.15 bits per heavy atom. The average Bonchev–Trinajstić information content (AvgIpc) is 2.46. The molecular formula is C12H15F3N4O. The monoisotopic (exact) mass is 288 g/mol. The smallest absolute Gasteiger partial charge is 0.369 e. The highest BCUT2D eigenvalue weighted by molar-refractivity contribution is 5.12. The molecule has 20 heavy (non-hydrogen) atoms. The van der Waals surface area contributed by atoms with Crippen LogP contribution in [-0.4, -0.2) is 53.9 Å². The van der Waals surface area contributed by atoms with Gasteiger partial charge in [-0.3, -0.25) is 4.90 Å². The van der Waals surface area contributed by atoms with Crippen LogP contribution in [-0.2, 0) is 10.9 Å². The quantitative estimate of drug-likeness (QED) is 0.830. The van der Waals surface area contributed by atoms with Crippen molar-refractivity contribution in [1.82, 2.24) is 20.4 Å². The summed E-state index contributed by atoms with van der Waals surface area (Å²) in [5.74, 6) is 0. The van der Waals surface area contributed by atoms with Gasteiger partial charge >= 0.3 is 6.18 Å². The van der Waals surface area contributed by atoms with Crippen LogP contribution in [0.5, 0.6) is 0 Å². The van der Waals surface area contributed by atoms with Crippen LogP contribution in [0.2, 0.25) is 0 Å². The third-order valence-corrected chi connectivity index (χ3v) is 3.67. The summed E-state index contributed by atoms with van der Waals surface area (Å²) in [6, 6.07) is 2.64. The van der Waals surface area contributed by atoms with Gasteiger partial charge in [-0.1, -0.05) is 0 Å². The summed E-state index contributed by atoms with van der Waals surface area (Å²) < 4.78 is 43.0. The van der Waals surface area contributed by atoms with Crippen LogP contribution < -0.4 is 5.32 Å². The number of fused-ring (bicyclic) bond motifs is 1. The summed E-state index contributed by atoms with van der Waals surface area (Å²) in [4.78, 5) is 2.28. The number of piperazine rings is 1. The summed E-state index contributed by atoms with van der Waals surface area (Å²) >= 11 is 0. The van der Waals surface area contributed by atoms with Crippen molar-refractivity contribution in [3.63, 3.8) is 0 Å². The fourth-order valence-corrected chi connectivity index (χ4v) is 2.55. The lowest BCUT2D eigenvalue weighted by Crippen LogP contribution is -2.57. The number of hydrogen-bond donors (Lipinski definition) is 1. The number of hydrogen-bond acceptors (Lipinski definition) is 5. The van der Waals surface area contributed by atoms with Gasteiger partial charge in [0.1, 0.15) is 6.10 Å². The van der Waals surface area contributed by atoms with Crippen LogP contribution in [0.4, 0.5) is 13.2 Å². The summed E-state index contributed by atoms with van der Waals surface area (Å²) in [5, 5.41) is 10.2. The molecule has 1 aromatic heterocycles. The molecule has 1 aromatic rings. The molecule has 2 saturated heterocycles. The zero-order valence-electron chi connectivity index (χ0n) is 10.7. The lowest BCUT2D eigenvalue weighted by molar-refractivity contribution is -0.142. The Morgan fingerprint density at radius 3 is 2.85 bits per heavy atom. The summed E-state index contributed by atoms with van der Waals surface area (Å²) in [7, 11) is 0. The number of aromatic nitrogens is 2. The molecule has 3 rings (SSSR count). The molecule has 1 N–H and O–H groups in total. The van der Waals surface area contributed by atoms with Gasteiger partial charge in [0, 0.05) is 32.2 Å². The predicted molar refractivity (Wildman–Crippen MR) is 64.0 cm³/mol. The average molecular weight is 288 g/mol. The number of alkyl halides is 3. The molecule has 2 aliphatic heterocycles. The molecule has 0 spiro atoms. The normalized spacial score (nSPS) is 28.1. The van der Waals surface area contributed by atoms with Gasteiger partial charge in [0.25, 0.3) is 0 Å². The molecule has 3 heterocycles. The first-order chi connectivity index (χ1) is 9.54. The van der Waals surface area contributed by atoms with E-state index in [1.807, 2.05) is 0 Å². The Hall–Kier alpha value is -1.25. The Bertz CT molecular complexity index is 465. The third-order valence-electron chi connectivity index (χ3n) is 3.67. The molecule has 0 aromatic carbocycles. The first-order valence-electron chi connectivity index (χ1n) is 6.51. The minimum absolute atomic E-state index is 0.306. The number of rotatable bonds is 1.